The molecule has 0 aliphatic carbocycles. The lowest BCUT2D eigenvalue weighted by atomic mass is 10.4. The zero-order valence-corrected chi connectivity index (χ0v) is 5.56. The zero-order valence-electron chi connectivity index (χ0n) is 5.56. The predicted octanol–water partition coefficient (Wildman–Crippen LogP) is -0.145. The van der Waals surface area contributed by atoms with E-state index < -0.39 is 18.5 Å². The van der Waals surface area contributed by atoms with Gasteiger partial charge in [-0.2, -0.15) is 13.2 Å². The molecule has 1 heterocycles. The number of ether oxygens (including phenoxy) is 1. The Labute approximate surface area is 61.1 Å². The van der Waals surface area contributed by atoms with Gasteiger partial charge in [-0.05, 0) is 0 Å². The van der Waals surface area contributed by atoms with Crippen LogP contribution in [0.1, 0.15) is 0 Å². The molecule has 1 fully saturated rings. The molecular formula is C5H8F3NO2. The van der Waals surface area contributed by atoms with Crippen LogP contribution >= 0.6 is 0 Å². The van der Waals surface area contributed by atoms with Gasteiger partial charge in [0, 0.05) is 6.54 Å². The van der Waals surface area contributed by atoms with Crippen molar-refractivity contribution in [2.45, 2.75) is 18.5 Å². The van der Waals surface area contributed by atoms with Crippen LogP contribution in [0.5, 0.6) is 0 Å². The highest BCUT2D eigenvalue weighted by molar-refractivity contribution is 4.77. The van der Waals surface area contributed by atoms with E-state index in [0.29, 0.717) is 0 Å². The first-order valence-electron chi connectivity index (χ1n) is 3.10. The van der Waals surface area contributed by atoms with Gasteiger partial charge in [0.05, 0.1) is 12.7 Å². The molecule has 0 spiro atoms. The van der Waals surface area contributed by atoms with Gasteiger partial charge in [-0.3, -0.25) is 5.32 Å². The standard InChI is InChI=1S/C5H8F3NO2/c6-5(7,8)4-9-1-3(2-10)11-4/h3-4,9-10H,1-2H2. The summed E-state index contributed by atoms with van der Waals surface area (Å²) in [5.41, 5.74) is 0. The van der Waals surface area contributed by atoms with E-state index in [1.54, 1.807) is 0 Å². The van der Waals surface area contributed by atoms with Crippen LogP contribution in [0.2, 0.25) is 0 Å². The van der Waals surface area contributed by atoms with Crippen molar-refractivity contribution in [1.29, 1.82) is 0 Å². The highest BCUT2D eigenvalue weighted by Crippen LogP contribution is 2.24. The molecule has 2 unspecified atom stereocenters. The Balaban J connectivity index is 2.42. The van der Waals surface area contributed by atoms with Crippen molar-refractivity contribution in [3.8, 4) is 0 Å². The Hall–Kier alpha value is -0.330. The monoisotopic (exact) mass is 171 g/mol. The van der Waals surface area contributed by atoms with E-state index in [-0.39, 0.29) is 13.2 Å². The van der Waals surface area contributed by atoms with E-state index in [9.17, 15) is 13.2 Å². The molecule has 1 saturated heterocycles. The van der Waals surface area contributed by atoms with E-state index in [4.69, 9.17) is 5.11 Å². The summed E-state index contributed by atoms with van der Waals surface area (Å²) in [6.45, 7) is -0.347. The predicted molar refractivity (Wildman–Crippen MR) is 29.8 cm³/mol. The first-order valence-corrected chi connectivity index (χ1v) is 3.10. The first kappa shape index (κ1) is 8.76. The van der Waals surface area contributed by atoms with Gasteiger partial charge in [-0.25, -0.2) is 0 Å². The first-order chi connectivity index (χ1) is 5.04. The van der Waals surface area contributed by atoms with Gasteiger partial charge in [0.2, 0.25) is 6.23 Å². The summed E-state index contributed by atoms with van der Waals surface area (Å²) in [6.07, 6.45) is -7.04. The molecule has 2 N–H and O–H groups in total. The minimum absolute atomic E-state index is 0.0423. The van der Waals surface area contributed by atoms with E-state index >= 15 is 0 Å². The van der Waals surface area contributed by atoms with Crippen molar-refractivity contribution in [3.05, 3.63) is 0 Å². The van der Waals surface area contributed by atoms with Crippen LogP contribution in [-0.4, -0.2) is 36.8 Å². The average molecular weight is 171 g/mol. The number of halogens is 3. The lowest BCUT2D eigenvalue weighted by Gasteiger charge is -2.14. The molecule has 0 aromatic carbocycles. The second kappa shape index (κ2) is 2.96. The van der Waals surface area contributed by atoms with E-state index in [1.165, 1.54) is 0 Å². The Kier molecular flexibility index (Phi) is 2.36. The minimum atomic E-state index is -4.38. The van der Waals surface area contributed by atoms with Crippen molar-refractivity contribution in [3.63, 3.8) is 0 Å². The van der Waals surface area contributed by atoms with Crippen molar-refractivity contribution in [2.75, 3.05) is 13.2 Å². The lowest BCUT2D eigenvalue weighted by molar-refractivity contribution is -0.222. The molecule has 2 atom stereocenters. The molecule has 3 nitrogen and oxygen atoms in total. The summed E-state index contributed by atoms with van der Waals surface area (Å²) in [6, 6.07) is 0. The smallest absolute Gasteiger partial charge is 0.394 e. The molecule has 1 rings (SSSR count). The zero-order chi connectivity index (χ0) is 8.48. The molecule has 0 saturated carbocycles. The van der Waals surface area contributed by atoms with E-state index in [1.807, 2.05) is 0 Å². The van der Waals surface area contributed by atoms with Crippen molar-refractivity contribution in [1.82, 2.24) is 5.32 Å². The number of rotatable bonds is 1. The largest absolute Gasteiger partial charge is 0.428 e. The van der Waals surface area contributed by atoms with Crippen LogP contribution in [0.25, 0.3) is 0 Å². The van der Waals surface area contributed by atoms with E-state index in [2.05, 4.69) is 10.1 Å². The number of aliphatic hydroxyl groups excluding tert-OH is 1. The molecule has 1 aliphatic rings. The van der Waals surface area contributed by atoms with Crippen LogP contribution in [0.3, 0.4) is 0 Å². The number of alkyl halides is 3. The minimum Gasteiger partial charge on any atom is -0.394 e. The lowest BCUT2D eigenvalue weighted by Crippen LogP contribution is -2.38. The quantitative estimate of drug-likeness (QED) is 0.576. The van der Waals surface area contributed by atoms with Gasteiger partial charge >= 0.3 is 6.18 Å². The number of nitrogens with one attached hydrogen (secondary N) is 1. The third kappa shape index (κ3) is 2.05. The van der Waals surface area contributed by atoms with Crippen molar-refractivity contribution < 1.29 is 23.0 Å². The van der Waals surface area contributed by atoms with Crippen LogP contribution in [0, 0.1) is 0 Å². The summed E-state index contributed by atoms with van der Waals surface area (Å²) < 4.78 is 39.8. The summed E-state index contributed by atoms with van der Waals surface area (Å²) in [5, 5.41) is 10.5. The second-order valence-electron chi connectivity index (χ2n) is 2.27. The fraction of sp³-hybridized carbons (Fsp3) is 1.00. The molecule has 0 amide bonds. The van der Waals surface area contributed by atoms with Crippen LogP contribution in [0.15, 0.2) is 0 Å². The second-order valence-corrected chi connectivity index (χ2v) is 2.27. The van der Waals surface area contributed by atoms with E-state index in [0.717, 1.165) is 0 Å². The number of hydrogen-bond donors (Lipinski definition) is 2. The van der Waals surface area contributed by atoms with Gasteiger partial charge in [0.1, 0.15) is 0 Å². The maximum atomic E-state index is 11.8. The molecule has 0 aromatic rings. The van der Waals surface area contributed by atoms with Crippen LogP contribution < -0.4 is 5.32 Å². The Morgan fingerprint density at radius 3 is 2.45 bits per heavy atom. The highest BCUT2D eigenvalue weighted by Gasteiger charge is 2.45. The molecule has 6 heteroatoms. The summed E-state index contributed by atoms with van der Waals surface area (Å²) in [7, 11) is 0. The molecular weight excluding hydrogens is 163 g/mol. The third-order valence-corrected chi connectivity index (χ3v) is 1.36. The highest BCUT2D eigenvalue weighted by atomic mass is 19.4. The third-order valence-electron chi connectivity index (χ3n) is 1.36. The van der Waals surface area contributed by atoms with Gasteiger partial charge in [-0.1, -0.05) is 0 Å². The van der Waals surface area contributed by atoms with Gasteiger partial charge < -0.3 is 9.84 Å². The SMILES string of the molecule is OCC1CNC(C(F)(F)F)O1. The Morgan fingerprint density at radius 1 is 1.55 bits per heavy atom. The normalized spacial score (nSPS) is 32.7. The number of hydrogen-bond acceptors (Lipinski definition) is 3. The fourth-order valence-corrected chi connectivity index (χ4v) is 0.828. The molecule has 0 radical (unpaired) electrons. The molecule has 0 bridgehead atoms. The maximum absolute atomic E-state index is 11.8. The Morgan fingerprint density at radius 2 is 2.18 bits per heavy atom. The van der Waals surface area contributed by atoms with Gasteiger partial charge in [0.25, 0.3) is 0 Å². The van der Waals surface area contributed by atoms with Crippen molar-refractivity contribution in [2.24, 2.45) is 0 Å². The van der Waals surface area contributed by atoms with Crippen molar-refractivity contribution >= 4 is 0 Å². The fourth-order valence-electron chi connectivity index (χ4n) is 0.828. The van der Waals surface area contributed by atoms with Gasteiger partial charge in [-0.15, -0.1) is 0 Å². The average Bonchev–Trinajstić information content (AvgIpc) is 2.32. The molecule has 11 heavy (non-hydrogen) atoms. The molecule has 66 valence electrons. The molecule has 0 aromatic heterocycles. The van der Waals surface area contributed by atoms with Crippen LogP contribution in [-0.2, 0) is 4.74 Å². The van der Waals surface area contributed by atoms with Gasteiger partial charge in [0.15, 0.2) is 0 Å². The topological polar surface area (TPSA) is 41.5 Å². The summed E-state index contributed by atoms with van der Waals surface area (Å²) >= 11 is 0. The summed E-state index contributed by atoms with van der Waals surface area (Å²) in [5.74, 6) is 0. The number of aliphatic hydroxyl groups is 1. The maximum Gasteiger partial charge on any atom is 0.428 e. The summed E-state index contributed by atoms with van der Waals surface area (Å²) in [4.78, 5) is 0. The van der Waals surface area contributed by atoms with Crippen LogP contribution in [0.4, 0.5) is 13.2 Å². The Bertz CT molecular complexity index is 138. The molecule has 1 aliphatic heterocycles.